The maximum Gasteiger partial charge on any atom is 0.405 e. The normalized spacial score (nSPS) is 12.1. The van der Waals surface area contributed by atoms with Crippen molar-refractivity contribution in [3.8, 4) is 0 Å². The van der Waals surface area contributed by atoms with Crippen LogP contribution in [-0.2, 0) is 9.59 Å². The number of halogens is 3. The van der Waals surface area contributed by atoms with E-state index in [0.29, 0.717) is 0 Å². The maximum absolute atomic E-state index is 11.7. The van der Waals surface area contributed by atoms with Crippen LogP contribution in [0, 0.1) is 5.41 Å². The van der Waals surface area contributed by atoms with Gasteiger partial charge in [0.2, 0.25) is 11.8 Å². The number of carbonyl (C=O) groups is 2. The molecule has 0 aliphatic heterocycles. The van der Waals surface area contributed by atoms with Crippen LogP contribution >= 0.6 is 0 Å². The number of alkyl halides is 3. The molecular weight excluding hydrogens is 225 g/mol. The summed E-state index contributed by atoms with van der Waals surface area (Å²) in [7, 11) is 0. The van der Waals surface area contributed by atoms with E-state index in [1.807, 2.05) is 0 Å². The number of rotatable bonds is 3. The summed E-state index contributed by atoms with van der Waals surface area (Å²) in [6.45, 7) is 3.06. The lowest BCUT2D eigenvalue weighted by Crippen LogP contribution is -2.43. The van der Waals surface area contributed by atoms with Crippen molar-refractivity contribution >= 4 is 11.8 Å². The highest BCUT2D eigenvalue weighted by atomic mass is 19.4. The van der Waals surface area contributed by atoms with Crippen molar-refractivity contribution in [1.82, 2.24) is 10.6 Å². The third-order valence-corrected chi connectivity index (χ3v) is 1.58. The van der Waals surface area contributed by atoms with Gasteiger partial charge in [0.05, 0.1) is 6.54 Å². The first-order valence-corrected chi connectivity index (χ1v) is 4.64. The van der Waals surface area contributed by atoms with Crippen molar-refractivity contribution in [2.75, 3.05) is 13.1 Å². The monoisotopic (exact) mass is 240 g/mol. The predicted molar refractivity (Wildman–Crippen MR) is 51.5 cm³/mol. The van der Waals surface area contributed by atoms with Crippen LogP contribution in [0.15, 0.2) is 0 Å². The van der Waals surface area contributed by atoms with Gasteiger partial charge in [-0.15, -0.1) is 0 Å². The van der Waals surface area contributed by atoms with Crippen LogP contribution in [0.25, 0.3) is 0 Å². The standard InChI is InChI=1S/C9H15F3N2O2/c1-8(2,3)7(16)13-4-6(15)14-5-9(10,11)12/h4-5H2,1-3H3,(H,13,16)(H,14,15). The lowest BCUT2D eigenvalue weighted by Gasteiger charge is -2.17. The van der Waals surface area contributed by atoms with Crippen molar-refractivity contribution in [2.45, 2.75) is 26.9 Å². The zero-order chi connectivity index (χ0) is 13.0. The van der Waals surface area contributed by atoms with Gasteiger partial charge >= 0.3 is 6.18 Å². The molecular formula is C9H15F3N2O2. The number of amides is 2. The van der Waals surface area contributed by atoms with Crippen LogP contribution in [0.3, 0.4) is 0 Å². The van der Waals surface area contributed by atoms with Crippen LogP contribution in [0.1, 0.15) is 20.8 Å². The Morgan fingerprint density at radius 1 is 1.06 bits per heavy atom. The Balaban J connectivity index is 3.88. The van der Waals surface area contributed by atoms with E-state index in [0.717, 1.165) is 0 Å². The highest BCUT2D eigenvalue weighted by Gasteiger charge is 2.28. The minimum Gasteiger partial charge on any atom is -0.347 e. The van der Waals surface area contributed by atoms with E-state index in [-0.39, 0.29) is 0 Å². The van der Waals surface area contributed by atoms with E-state index in [2.05, 4.69) is 5.32 Å². The van der Waals surface area contributed by atoms with Crippen molar-refractivity contribution in [3.63, 3.8) is 0 Å². The summed E-state index contributed by atoms with van der Waals surface area (Å²) in [6, 6.07) is 0. The summed E-state index contributed by atoms with van der Waals surface area (Å²) < 4.78 is 35.1. The van der Waals surface area contributed by atoms with Gasteiger partial charge < -0.3 is 10.6 Å². The highest BCUT2D eigenvalue weighted by molar-refractivity contribution is 5.87. The van der Waals surface area contributed by atoms with Gasteiger partial charge in [0.15, 0.2) is 0 Å². The van der Waals surface area contributed by atoms with E-state index in [9.17, 15) is 22.8 Å². The fourth-order valence-corrected chi connectivity index (χ4v) is 0.687. The molecule has 2 N–H and O–H groups in total. The van der Waals surface area contributed by atoms with Gasteiger partial charge in [-0.3, -0.25) is 9.59 Å². The topological polar surface area (TPSA) is 58.2 Å². The van der Waals surface area contributed by atoms with Gasteiger partial charge in [-0.2, -0.15) is 13.2 Å². The molecule has 0 aromatic rings. The molecule has 0 rings (SSSR count). The molecule has 0 aliphatic carbocycles. The molecule has 0 aliphatic rings. The molecule has 0 radical (unpaired) electrons. The van der Waals surface area contributed by atoms with Gasteiger partial charge in [-0.1, -0.05) is 20.8 Å². The smallest absolute Gasteiger partial charge is 0.347 e. The fourth-order valence-electron chi connectivity index (χ4n) is 0.687. The average molecular weight is 240 g/mol. The number of nitrogens with one attached hydrogen (secondary N) is 2. The van der Waals surface area contributed by atoms with Gasteiger partial charge in [0, 0.05) is 5.41 Å². The predicted octanol–water partition coefficient (Wildman–Crippen LogP) is 0.827. The Labute approximate surface area is 91.6 Å². The molecule has 16 heavy (non-hydrogen) atoms. The second-order valence-electron chi connectivity index (χ2n) is 4.32. The largest absolute Gasteiger partial charge is 0.405 e. The van der Waals surface area contributed by atoms with E-state index in [1.54, 1.807) is 26.1 Å². The Kier molecular flexibility index (Phi) is 4.77. The zero-order valence-electron chi connectivity index (χ0n) is 9.36. The molecule has 0 spiro atoms. The molecule has 0 fully saturated rings. The molecule has 7 heteroatoms. The van der Waals surface area contributed by atoms with E-state index in [1.165, 1.54) is 0 Å². The second-order valence-corrected chi connectivity index (χ2v) is 4.32. The van der Waals surface area contributed by atoms with Crippen molar-refractivity contribution in [1.29, 1.82) is 0 Å². The van der Waals surface area contributed by atoms with Crippen molar-refractivity contribution in [2.24, 2.45) is 5.41 Å². The van der Waals surface area contributed by atoms with Crippen molar-refractivity contribution in [3.05, 3.63) is 0 Å². The lowest BCUT2D eigenvalue weighted by atomic mass is 9.96. The SMILES string of the molecule is CC(C)(C)C(=O)NCC(=O)NCC(F)(F)F. The number of carbonyl (C=O) groups excluding carboxylic acids is 2. The molecule has 0 aromatic carbocycles. The van der Waals surface area contributed by atoms with Gasteiger partial charge in [0.1, 0.15) is 6.54 Å². The van der Waals surface area contributed by atoms with Gasteiger partial charge in [0.25, 0.3) is 0 Å². The first-order valence-electron chi connectivity index (χ1n) is 4.64. The Morgan fingerprint density at radius 3 is 1.94 bits per heavy atom. The molecule has 94 valence electrons. The zero-order valence-corrected chi connectivity index (χ0v) is 9.36. The average Bonchev–Trinajstić information content (AvgIpc) is 2.08. The molecule has 0 unspecified atom stereocenters. The second kappa shape index (κ2) is 5.18. The Hall–Kier alpha value is -1.27. The Bertz CT molecular complexity index is 269. The van der Waals surface area contributed by atoms with Crippen LogP contribution in [-0.4, -0.2) is 31.1 Å². The third-order valence-electron chi connectivity index (χ3n) is 1.58. The van der Waals surface area contributed by atoms with Crippen LogP contribution in [0.2, 0.25) is 0 Å². The molecule has 0 saturated carbocycles. The summed E-state index contributed by atoms with van der Waals surface area (Å²) >= 11 is 0. The van der Waals surface area contributed by atoms with E-state index < -0.39 is 36.5 Å². The van der Waals surface area contributed by atoms with Crippen LogP contribution in [0.4, 0.5) is 13.2 Å². The molecule has 2 amide bonds. The summed E-state index contributed by atoms with van der Waals surface area (Å²) in [4.78, 5) is 22.2. The molecule has 0 aromatic heterocycles. The summed E-state index contributed by atoms with van der Waals surface area (Å²) in [5.41, 5.74) is -0.676. The van der Waals surface area contributed by atoms with Gasteiger partial charge in [-0.25, -0.2) is 0 Å². The van der Waals surface area contributed by atoms with Crippen molar-refractivity contribution < 1.29 is 22.8 Å². The maximum atomic E-state index is 11.7. The fraction of sp³-hybridized carbons (Fsp3) is 0.778. The van der Waals surface area contributed by atoms with E-state index >= 15 is 0 Å². The summed E-state index contributed by atoms with van der Waals surface area (Å²) in [6.07, 6.45) is -4.44. The summed E-state index contributed by atoms with van der Waals surface area (Å²) in [5, 5.41) is 3.89. The molecule has 0 heterocycles. The first kappa shape index (κ1) is 14.7. The van der Waals surface area contributed by atoms with E-state index in [4.69, 9.17) is 0 Å². The molecule has 0 bridgehead atoms. The molecule has 0 atom stereocenters. The lowest BCUT2D eigenvalue weighted by molar-refractivity contribution is -0.139. The molecule has 0 saturated heterocycles. The Morgan fingerprint density at radius 2 is 1.56 bits per heavy atom. The summed E-state index contributed by atoms with van der Waals surface area (Å²) in [5.74, 6) is -1.26. The van der Waals surface area contributed by atoms with Gasteiger partial charge in [-0.05, 0) is 0 Å². The highest BCUT2D eigenvalue weighted by Crippen LogP contribution is 2.12. The minimum absolute atomic E-state index is 0.394. The number of hydrogen-bond donors (Lipinski definition) is 2. The number of hydrogen-bond acceptors (Lipinski definition) is 2. The third kappa shape index (κ3) is 7.08. The molecule has 4 nitrogen and oxygen atoms in total. The van der Waals surface area contributed by atoms with Crippen LogP contribution < -0.4 is 10.6 Å². The van der Waals surface area contributed by atoms with Crippen LogP contribution in [0.5, 0.6) is 0 Å². The first-order chi connectivity index (χ1) is 7.02. The minimum atomic E-state index is -4.44. The quantitative estimate of drug-likeness (QED) is 0.767.